The summed E-state index contributed by atoms with van der Waals surface area (Å²) in [6, 6.07) is 2.88. The van der Waals surface area contributed by atoms with Crippen LogP contribution < -0.4 is 10.6 Å². The maximum atomic E-state index is 14.0. The Kier molecular flexibility index (Phi) is 4.01. The Morgan fingerprint density at radius 3 is 2.68 bits per heavy atom. The second-order valence-electron chi connectivity index (χ2n) is 4.86. The summed E-state index contributed by atoms with van der Waals surface area (Å²) in [6.45, 7) is 2.82. The molecule has 0 radical (unpaired) electrons. The Morgan fingerprint density at radius 2 is 2.16 bits per heavy atom. The van der Waals surface area contributed by atoms with E-state index in [1.807, 2.05) is 0 Å². The van der Waals surface area contributed by atoms with Crippen LogP contribution in [0.4, 0.5) is 14.5 Å². The lowest BCUT2D eigenvalue weighted by Crippen LogP contribution is -2.25. The molecule has 2 atom stereocenters. The van der Waals surface area contributed by atoms with Gasteiger partial charge in [-0.15, -0.1) is 0 Å². The summed E-state index contributed by atoms with van der Waals surface area (Å²) in [5.74, 6) is -1.86. The van der Waals surface area contributed by atoms with Crippen LogP contribution in [-0.4, -0.2) is 29.3 Å². The minimum atomic E-state index is -1.01. The van der Waals surface area contributed by atoms with Crippen molar-refractivity contribution in [1.82, 2.24) is 0 Å². The number of rotatable bonds is 3. The lowest BCUT2D eigenvalue weighted by molar-refractivity contribution is 0.136. The molecule has 1 aromatic carbocycles. The number of hydrogen-bond acceptors (Lipinski definition) is 3. The molecular weight excluding hydrogens is 270 g/mol. The quantitative estimate of drug-likeness (QED) is 0.832. The summed E-state index contributed by atoms with van der Waals surface area (Å²) in [6.07, 6.45) is 0.310. The standard InChI is InChI=1S/C13H16F2N2OS/c1-7(18)8-4-5-17(6-8)10-3-2-9(13(16)19)11(14)12(10)15/h2-3,7-8,18H,4-6H2,1H3,(H2,16,19). The van der Waals surface area contributed by atoms with Crippen LogP contribution in [0.5, 0.6) is 0 Å². The minimum Gasteiger partial charge on any atom is -0.393 e. The molecule has 1 aliphatic heterocycles. The van der Waals surface area contributed by atoms with Crippen LogP contribution in [0.1, 0.15) is 18.9 Å². The first-order valence-electron chi connectivity index (χ1n) is 6.12. The maximum absolute atomic E-state index is 14.0. The van der Waals surface area contributed by atoms with Crippen molar-refractivity contribution in [2.75, 3.05) is 18.0 Å². The highest BCUT2D eigenvalue weighted by Gasteiger charge is 2.29. The normalized spacial score (nSPS) is 20.6. The third kappa shape index (κ3) is 2.69. The molecule has 0 saturated carbocycles. The van der Waals surface area contributed by atoms with Crippen LogP contribution in [-0.2, 0) is 0 Å². The molecule has 0 amide bonds. The molecule has 104 valence electrons. The summed E-state index contributed by atoms with van der Waals surface area (Å²) >= 11 is 4.66. The second-order valence-corrected chi connectivity index (χ2v) is 5.30. The first-order valence-corrected chi connectivity index (χ1v) is 6.53. The summed E-state index contributed by atoms with van der Waals surface area (Å²) in [4.78, 5) is 1.57. The number of halogens is 2. The van der Waals surface area contributed by atoms with Crippen molar-refractivity contribution in [3.05, 3.63) is 29.3 Å². The van der Waals surface area contributed by atoms with Gasteiger partial charge in [0.25, 0.3) is 0 Å². The van der Waals surface area contributed by atoms with Gasteiger partial charge in [0.1, 0.15) is 4.99 Å². The lowest BCUT2D eigenvalue weighted by atomic mass is 10.0. The third-order valence-corrected chi connectivity index (χ3v) is 3.79. The van der Waals surface area contributed by atoms with E-state index in [4.69, 9.17) is 5.73 Å². The average molecular weight is 286 g/mol. The SMILES string of the molecule is CC(O)C1CCN(c2ccc(C(N)=S)c(F)c2F)C1. The first kappa shape index (κ1) is 14.1. The number of anilines is 1. The number of benzene rings is 1. The first-order chi connectivity index (χ1) is 8.91. The fourth-order valence-corrected chi connectivity index (χ4v) is 2.53. The Bertz CT molecular complexity index is 508. The van der Waals surface area contributed by atoms with Crippen LogP contribution >= 0.6 is 12.2 Å². The van der Waals surface area contributed by atoms with Gasteiger partial charge in [0.2, 0.25) is 0 Å². The number of nitrogens with zero attached hydrogens (tertiary/aromatic N) is 1. The maximum Gasteiger partial charge on any atom is 0.182 e. The van der Waals surface area contributed by atoms with Gasteiger partial charge in [0, 0.05) is 24.6 Å². The topological polar surface area (TPSA) is 49.5 Å². The molecule has 0 aromatic heterocycles. The molecule has 1 saturated heterocycles. The van der Waals surface area contributed by atoms with Crippen molar-refractivity contribution in [3.8, 4) is 0 Å². The van der Waals surface area contributed by atoms with E-state index in [2.05, 4.69) is 12.2 Å². The van der Waals surface area contributed by atoms with Crippen LogP contribution in [0.3, 0.4) is 0 Å². The summed E-state index contributed by atoms with van der Waals surface area (Å²) in [5.41, 5.74) is 5.44. The second kappa shape index (κ2) is 5.38. The predicted molar refractivity (Wildman–Crippen MR) is 74.2 cm³/mol. The zero-order chi connectivity index (χ0) is 14.2. The van der Waals surface area contributed by atoms with Crippen molar-refractivity contribution in [2.24, 2.45) is 11.7 Å². The van der Waals surface area contributed by atoms with Gasteiger partial charge in [-0.05, 0) is 25.5 Å². The average Bonchev–Trinajstić information content (AvgIpc) is 2.81. The molecule has 2 rings (SSSR count). The van der Waals surface area contributed by atoms with Gasteiger partial charge in [-0.2, -0.15) is 0 Å². The fourth-order valence-electron chi connectivity index (χ4n) is 2.37. The molecule has 3 nitrogen and oxygen atoms in total. The summed E-state index contributed by atoms with van der Waals surface area (Å²) in [7, 11) is 0. The Hall–Kier alpha value is -1.27. The van der Waals surface area contributed by atoms with Crippen molar-refractivity contribution >= 4 is 22.9 Å². The van der Waals surface area contributed by atoms with Gasteiger partial charge < -0.3 is 15.7 Å². The number of aliphatic hydroxyl groups is 1. The minimum absolute atomic E-state index is 0.0810. The zero-order valence-electron chi connectivity index (χ0n) is 10.6. The van der Waals surface area contributed by atoms with E-state index in [9.17, 15) is 13.9 Å². The van der Waals surface area contributed by atoms with Crippen molar-refractivity contribution in [1.29, 1.82) is 0 Å². The third-order valence-electron chi connectivity index (χ3n) is 3.57. The largest absolute Gasteiger partial charge is 0.393 e. The van der Waals surface area contributed by atoms with Gasteiger partial charge in [0.05, 0.1) is 11.8 Å². The molecule has 1 fully saturated rings. The molecular formula is C13H16F2N2OS. The van der Waals surface area contributed by atoms with E-state index in [0.717, 1.165) is 6.42 Å². The molecule has 1 heterocycles. The lowest BCUT2D eigenvalue weighted by Gasteiger charge is -2.21. The van der Waals surface area contributed by atoms with E-state index in [1.165, 1.54) is 12.1 Å². The zero-order valence-corrected chi connectivity index (χ0v) is 11.4. The Morgan fingerprint density at radius 1 is 1.47 bits per heavy atom. The molecule has 0 spiro atoms. The van der Waals surface area contributed by atoms with Crippen LogP contribution in [0, 0.1) is 17.6 Å². The van der Waals surface area contributed by atoms with Gasteiger partial charge in [-0.3, -0.25) is 0 Å². The van der Waals surface area contributed by atoms with E-state index in [0.29, 0.717) is 13.1 Å². The highest BCUT2D eigenvalue weighted by molar-refractivity contribution is 7.80. The Labute approximate surface area is 116 Å². The smallest absolute Gasteiger partial charge is 0.182 e. The van der Waals surface area contributed by atoms with E-state index in [-0.39, 0.29) is 22.2 Å². The predicted octanol–water partition coefficient (Wildman–Crippen LogP) is 1.81. The van der Waals surface area contributed by atoms with Crippen LogP contribution in [0.2, 0.25) is 0 Å². The molecule has 3 N–H and O–H groups in total. The van der Waals surface area contributed by atoms with E-state index >= 15 is 0 Å². The van der Waals surface area contributed by atoms with Crippen LogP contribution in [0.25, 0.3) is 0 Å². The fraction of sp³-hybridized carbons (Fsp3) is 0.462. The summed E-state index contributed by atoms with van der Waals surface area (Å²) in [5, 5.41) is 9.53. The van der Waals surface area contributed by atoms with Crippen molar-refractivity contribution < 1.29 is 13.9 Å². The molecule has 6 heteroatoms. The van der Waals surface area contributed by atoms with Crippen molar-refractivity contribution in [3.63, 3.8) is 0 Å². The van der Waals surface area contributed by atoms with E-state index in [1.54, 1.807) is 11.8 Å². The molecule has 19 heavy (non-hydrogen) atoms. The van der Waals surface area contributed by atoms with Crippen LogP contribution in [0.15, 0.2) is 12.1 Å². The van der Waals surface area contributed by atoms with Crippen molar-refractivity contribution in [2.45, 2.75) is 19.4 Å². The molecule has 2 unspecified atom stereocenters. The number of nitrogens with two attached hydrogens (primary N) is 1. The highest BCUT2D eigenvalue weighted by Crippen LogP contribution is 2.30. The molecule has 1 aromatic rings. The highest BCUT2D eigenvalue weighted by atomic mass is 32.1. The summed E-state index contributed by atoms with van der Waals surface area (Å²) < 4.78 is 27.8. The number of hydrogen-bond donors (Lipinski definition) is 2. The number of aliphatic hydroxyl groups excluding tert-OH is 1. The van der Waals surface area contributed by atoms with Gasteiger partial charge in [-0.1, -0.05) is 12.2 Å². The van der Waals surface area contributed by atoms with Gasteiger partial charge in [-0.25, -0.2) is 8.78 Å². The monoisotopic (exact) mass is 286 g/mol. The molecule has 0 aliphatic carbocycles. The van der Waals surface area contributed by atoms with E-state index < -0.39 is 17.7 Å². The number of thiocarbonyl (C=S) groups is 1. The molecule has 1 aliphatic rings. The van der Waals surface area contributed by atoms with Gasteiger partial charge in [0.15, 0.2) is 11.6 Å². The molecule has 0 bridgehead atoms. The Balaban J connectivity index is 2.28. The van der Waals surface area contributed by atoms with Gasteiger partial charge >= 0.3 is 0 Å².